The van der Waals surface area contributed by atoms with Crippen LogP contribution in [0.4, 0.5) is 0 Å². The highest BCUT2D eigenvalue weighted by atomic mass is 32.1. The molecule has 0 radical (unpaired) electrons. The van der Waals surface area contributed by atoms with Crippen molar-refractivity contribution >= 4 is 23.5 Å². The van der Waals surface area contributed by atoms with E-state index in [2.05, 4.69) is 41.4 Å². The zero-order valence-corrected chi connectivity index (χ0v) is 13.6. The Balaban J connectivity index is 1.53. The van der Waals surface area contributed by atoms with E-state index < -0.39 is 0 Å². The number of hydrogen-bond acceptors (Lipinski definition) is 4. The van der Waals surface area contributed by atoms with Gasteiger partial charge in [-0.25, -0.2) is 5.43 Å². The Morgan fingerprint density at radius 3 is 2.59 bits per heavy atom. The number of nitrogens with one attached hydrogen (secondary N) is 1. The number of benzene rings is 1. The molecule has 0 atom stereocenters. The van der Waals surface area contributed by atoms with E-state index >= 15 is 0 Å². The van der Waals surface area contributed by atoms with Gasteiger partial charge in [0.15, 0.2) is 0 Å². The first-order chi connectivity index (χ1) is 10.6. The second kappa shape index (κ2) is 6.42. The molecule has 114 valence electrons. The number of carbonyl (C=O) groups is 1. The van der Waals surface area contributed by atoms with E-state index in [0.717, 1.165) is 18.0 Å². The average Bonchev–Trinajstić information content (AvgIpc) is 3.09. The minimum Gasteiger partial charge on any atom is -0.286 e. The monoisotopic (exact) mass is 313 g/mol. The molecule has 1 aromatic heterocycles. The zero-order chi connectivity index (χ0) is 15.5. The molecule has 4 nitrogen and oxygen atoms in total. The van der Waals surface area contributed by atoms with Crippen LogP contribution in [0.1, 0.15) is 27.1 Å². The van der Waals surface area contributed by atoms with Gasteiger partial charge >= 0.3 is 0 Å². The Labute approximate surface area is 134 Å². The van der Waals surface area contributed by atoms with Gasteiger partial charge in [0.25, 0.3) is 5.91 Å². The molecule has 2 aromatic rings. The van der Waals surface area contributed by atoms with Crippen LogP contribution in [0, 0.1) is 13.8 Å². The standard InChI is InChI=1S/C17H19N3OS/c1-12-6-14-9-20(10-15(14)7-13(12)2)11-17(21)19-18-8-16-4-3-5-22-16/h3-8H,9-11H2,1-2H3,(H,19,21)/b18-8+. The third-order valence-corrected chi connectivity index (χ3v) is 4.70. The molecular formula is C17H19N3OS. The van der Waals surface area contributed by atoms with Gasteiger partial charge in [-0.05, 0) is 47.5 Å². The van der Waals surface area contributed by atoms with E-state index in [1.54, 1.807) is 17.6 Å². The molecule has 0 bridgehead atoms. The van der Waals surface area contributed by atoms with Crippen molar-refractivity contribution in [1.29, 1.82) is 0 Å². The number of thiophene rings is 1. The van der Waals surface area contributed by atoms with Crippen LogP contribution < -0.4 is 5.43 Å². The molecule has 1 aromatic carbocycles. The lowest BCUT2D eigenvalue weighted by atomic mass is 10.0. The molecule has 0 aliphatic carbocycles. The van der Waals surface area contributed by atoms with E-state index in [9.17, 15) is 4.79 Å². The Bertz CT molecular complexity index is 676. The summed E-state index contributed by atoms with van der Waals surface area (Å²) in [5.41, 5.74) is 7.88. The molecule has 3 rings (SSSR count). The number of hydrogen-bond donors (Lipinski definition) is 1. The van der Waals surface area contributed by atoms with Gasteiger partial charge < -0.3 is 0 Å². The summed E-state index contributed by atoms with van der Waals surface area (Å²) < 4.78 is 0. The van der Waals surface area contributed by atoms with Crippen molar-refractivity contribution in [3.63, 3.8) is 0 Å². The van der Waals surface area contributed by atoms with Crippen LogP contribution in [0.25, 0.3) is 0 Å². The van der Waals surface area contributed by atoms with E-state index in [1.807, 2.05) is 17.5 Å². The summed E-state index contributed by atoms with van der Waals surface area (Å²) in [4.78, 5) is 15.1. The lowest BCUT2D eigenvalue weighted by Crippen LogP contribution is -2.31. The van der Waals surface area contributed by atoms with Gasteiger partial charge in [0.05, 0.1) is 12.8 Å². The molecule has 1 aliphatic heterocycles. The van der Waals surface area contributed by atoms with Crippen molar-refractivity contribution in [1.82, 2.24) is 10.3 Å². The van der Waals surface area contributed by atoms with Crippen molar-refractivity contribution in [3.05, 3.63) is 56.8 Å². The number of aryl methyl sites for hydroxylation is 2. The summed E-state index contributed by atoms with van der Waals surface area (Å²) in [6.07, 6.45) is 1.67. The van der Waals surface area contributed by atoms with Crippen LogP contribution in [0.3, 0.4) is 0 Å². The van der Waals surface area contributed by atoms with E-state index in [4.69, 9.17) is 0 Å². The topological polar surface area (TPSA) is 44.7 Å². The minimum atomic E-state index is -0.0749. The summed E-state index contributed by atoms with van der Waals surface area (Å²) in [5, 5.41) is 5.97. The molecule has 2 heterocycles. The molecule has 1 N–H and O–H groups in total. The van der Waals surface area contributed by atoms with Gasteiger partial charge in [0, 0.05) is 18.0 Å². The summed E-state index contributed by atoms with van der Waals surface area (Å²) in [5.74, 6) is -0.0749. The predicted octanol–water partition coefficient (Wildman–Crippen LogP) is 2.83. The number of carbonyl (C=O) groups excluding carboxylic acids is 1. The normalized spacial score (nSPS) is 14.5. The van der Waals surface area contributed by atoms with Gasteiger partial charge in [-0.15, -0.1) is 11.3 Å². The fraction of sp³-hybridized carbons (Fsp3) is 0.294. The maximum absolute atomic E-state index is 11.9. The lowest BCUT2D eigenvalue weighted by molar-refractivity contribution is -0.122. The average molecular weight is 313 g/mol. The number of fused-ring (bicyclic) bond motifs is 1. The molecule has 0 unspecified atom stereocenters. The van der Waals surface area contributed by atoms with Crippen molar-refractivity contribution in [2.45, 2.75) is 26.9 Å². The number of nitrogens with zero attached hydrogens (tertiary/aromatic N) is 2. The number of hydrazone groups is 1. The fourth-order valence-electron chi connectivity index (χ4n) is 2.65. The molecule has 22 heavy (non-hydrogen) atoms. The SMILES string of the molecule is Cc1cc2c(cc1C)CN(CC(=O)N/N=C/c1cccs1)C2. The molecule has 0 saturated heterocycles. The van der Waals surface area contributed by atoms with Gasteiger partial charge in [-0.3, -0.25) is 9.69 Å². The van der Waals surface area contributed by atoms with Gasteiger partial charge in [-0.2, -0.15) is 5.10 Å². The van der Waals surface area contributed by atoms with E-state index in [-0.39, 0.29) is 5.91 Å². The summed E-state index contributed by atoms with van der Waals surface area (Å²) in [6.45, 7) is 6.29. The van der Waals surface area contributed by atoms with E-state index in [0.29, 0.717) is 6.54 Å². The zero-order valence-electron chi connectivity index (χ0n) is 12.8. The Kier molecular flexibility index (Phi) is 4.36. The highest BCUT2D eigenvalue weighted by Crippen LogP contribution is 2.25. The molecule has 0 spiro atoms. The molecule has 0 saturated carbocycles. The maximum atomic E-state index is 11.9. The van der Waals surface area contributed by atoms with Crippen LogP contribution in [0.15, 0.2) is 34.7 Å². The molecule has 1 aliphatic rings. The molecule has 1 amide bonds. The van der Waals surface area contributed by atoms with Gasteiger partial charge in [0.2, 0.25) is 0 Å². The smallest absolute Gasteiger partial charge is 0.254 e. The van der Waals surface area contributed by atoms with Crippen molar-refractivity contribution < 1.29 is 4.79 Å². The van der Waals surface area contributed by atoms with Crippen molar-refractivity contribution in [2.75, 3.05) is 6.54 Å². The van der Waals surface area contributed by atoms with Crippen LogP contribution in [-0.2, 0) is 17.9 Å². The molecular weight excluding hydrogens is 294 g/mol. The third kappa shape index (κ3) is 3.43. The van der Waals surface area contributed by atoms with Crippen LogP contribution in [-0.4, -0.2) is 23.6 Å². The van der Waals surface area contributed by atoms with Crippen LogP contribution in [0.5, 0.6) is 0 Å². The Morgan fingerprint density at radius 2 is 2.00 bits per heavy atom. The second-order valence-corrected chi connectivity index (χ2v) is 6.64. The first-order valence-electron chi connectivity index (χ1n) is 7.28. The molecule has 5 heteroatoms. The van der Waals surface area contributed by atoms with Crippen LogP contribution in [0.2, 0.25) is 0 Å². The highest BCUT2D eigenvalue weighted by molar-refractivity contribution is 7.11. The number of amides is 1. The van der Waals surface area contributed by atoms with Crippen LogP contribution >= 0.6 is 11.3 Å². The fourth-order valence-corrected chi connectivity index (χ4v) is 3.24. The number of rotatable bonds is 4. The predicted molar refractivity (Wildman–Crippen MR) is 90.1 cm³/mol. The quantitative estimate of drug-likeness (QED) is 0.697. The minimum absolute atomic E-state index is 0.0749. The maximum Gasteiger partial charge on any atom is 0.254 e. The Morgan fingerprint density at radius 1 is 1.32 bits per heavy atom. The van der Waals surface area contributed by atoms with Crippen molar-refractivity contribution in [3.8, 4) is 0 Å². The van der Waals surface area contributed by atoms with Gasteiger partial charge in [-0.1, -0.05) is 18.2 Å². The first kappa shape index (κ1) is 14.9. The van der Waals surface area contributed by atoms with Gasteiger partial charge in [0.1, 0.15) is 0 Å². The summed E-state index contributed by atoms with van der Waals surface area (Å²) >= 11 is 1.59. The second-order valence-electron chi connectivity index (χ2n) is 5.66. The molecule has 0 fully saturated rings. The largest absolute Gasteiger partial charge is 0.286 e. The highest BCUT2D eigenvalue weighted by Gasteiger charge is 2.21. The first-order valence-corrected chi connectivity index (χ1v) is 8.16. The summed E-state index contributed by atoms with van der Waals surface area (Å²) in [7, 11) is 0. The summed E-state index contributed by atoms with van der Waals surface area (Å²) in [6, 6.07) is 8.39. The third-order valence-electron chi connectivity index (χ3n) is 3.90. The van der Waals surface area contributed by atoms with E-state index in [1.165, 1.54) is 22.3 Å². The van der Waals surface area contributed by atoms with Crippen molar-refractivity contribution in [2.24, 2.45) is 5.10 Å². The lowest BCUT2D eigenvalue weighted by Gasteiger charge is -2.12. The Hall–Kier alpha value is -1.98.